The van der Waals surface area contributed by atoms with Gasteiger partial charge in [0.25, 0.3) is 0 Å². The maximum absolute atomic E-state index is 11.6. The molecule has 0 radical (unpaired) electrons. The molecule has 15 heavy (non-hydrogen) atoms. The first-order valence-corrected chi connectivity index (χ1v) is 5.44. The monoisotopic (exact) mass is 229 g/mol. The fourth-order valence-corrected chi connectivity index (χ4v) is 2.16. The lowest BCUT2D eigenvalue weighted by atomic mass is 9.89. The number of halogens is 1. The molecule has 5 heteroatoms. The number of hydrogen-bond acceptors (Lipinski definition) is 3. The van der Waals surface area contributed by atoms with Crippen LogP contribution in [-0.4, -0.2) is 42.9 Å². The van der Waals surface area contributed by atoms with Crippen LogP contribution in [0.1, 0.15) is 13.3 Å². The number of nitriles is 1. The van der Waals surface area contributed by atoms with Crippen molar-refractivity contribution in [2.24, 2.45) is 5.41 Å². The van der Waals surface area contributed by atoms with Gasteiger partial charge in [-0.3, -0.25) is 9.69 Å². The van der Waals surface area contributed by atoms with E-state index in [0.29, 0.717) is 13.1 Å². The second-order valence-corrected chi connectivity index (χ2v) is 4.75. The van der Waals surface area contributed by atoms with Crippen LogP contribution >= 0.6 is 11.6 Å². The molecular weight excluding hydrogens is 214 g/mol. The summed E-state index contributed by atoms with van der Waals surface area (Å²) in [5.74, 6) is 0.0630. The number of nitrogens with one attached hydrogen (secondary N) is 1. The number of hydrogen-bond donors (Lipinski definition) is 1. The highest BCUT2D eigenvalue weighted by atomic mass is 35.5. The Balaban J connectivity index is 2.52. The molecule has 0 aromatic rings. The van der Waals surface area contributed by atoms with E-state index in [1.165, 1.54) is 0 Å². The highest BCUT2D eigenvalue weighted by Crippen LogP contribution is 2.30. The Labute approximate surface area is 95.2 Å². The molecule has 1 aliphatic heterocycles. The van der Waals surface area contributed by atoms with Gasteiger partial charge in [-0.2, -0.15) is 5.26 Å². The van der Waals surface area contributed by atoms with Gasteiger partial charge in [-0.25, -0.2) is 0 Å². The summed E-state index contributed by atoms with van der Waals surface area (Å²) in [7, 11) is 1.65. The summed E-state index contributed by atoms with van der Waals surface area (Å²) in [4.78, 5) is 13.7. The molecule has 1 saturated heterocycles. The quantitative estimate of drug-likeness (QED) is 0.721. The standard InChI is InChI=1S/C10H16ClN3O/c1-10(9(15)13-2)3-4-14(7-10)6-8(11)5-12/h8H,3-4,6-7H2,1-2H3,(H,13,15). The molecule has 0 aromatic carbocycles. The van der Waals surface area contributed by atoms with Crippen LogP contribution in [-0.2, 0) is 4.79 Å². The fourth-order valence-electron chi connectivity index (χ4n) is 1.97. The Kier molecular flexibility index (Phi) is 3.95. The minimum absolute atomic E-state index is 0.0630. The summed E-state index contributed by atoms with van der Waals surface area (Å²) in [6.45, 7) is 3.98. The number of carbonyl (C=O) groups is 1. The van der Waals surface area contributed by atoms with Gasteiger partial charge in [0.15, 0.2) is 0 Å². The molecule has 0 bridgehead atoms. The van der Waals surface area contributed by atoms with E-state index in [-0.39, 0.29) is 11.3 Å². The third-order valence-electron chi connectivity index (χ3n) is 2.89. The van der Waals surface area contributed by atoms with Crippen molar-refractivity contribution in [1.29, 1.82) is 5.26 Å². The van der Waals surface area contributed by atoms with Crippen molar-refractivity contribution in [3.8, 4) is 6.07 Å². The number of likely N-dealkylation sites (tertiary alicyclic amines) is 1. The molecule has 1 rings (SSSR count). The first-order valence-electron chi connectivity index (χ1n) is 5.00. The van der Waals surface area contributed by atoms with Gasteiger partial charge in [-0.15, -0.1) is 11.6 Å². The molecule has 2 unspecified atom stereocenters. The molecule has 0 aromatic heterocycles. The van der Waals surface area contributed by atoms with Gasteiger partial charge in [0.2, 0.25) is 5.91 Å². The largest absolute Gasteiger partial charge is 0.359 e. The van der Waals surface area contributed by atoms with E-state index < -0.39 is 5.38 Å². The number of carbonyl (C=O) groups excluding carboxylic acids is 1. The summed E-state index contributed by atoms with van der Waals surface area (Å²) >= 11 is 5.75. The zero-order chi connectivity index (χ0) is 11.5. The van der Waals surface area contributed by atoms with E-state index in [1.807, 2.05) is 13.0 Å². The maximum Gasteiger partial charge on any atom is 0.227 e. The lowest BCUT2D eigenvalue weighted by Crippen LogP contribution is -2.39. The number of amides is 1. The van der Waals surface area contributed by atoms with Crippen LogP contribution in [0.15, 0.2) is 0 Å². The van der Waals surface area contributed by atoms with Crippen LogP contribution in [0.5, 0.6) is 0 Å². The third kappa shape index (κ3) is 2.83. The van der Waals surface area contributed by atoms with Gasteiger partial charge >= 0.3 is 0 Å². The van der Waals surface area contributed by atoms with Gasteiger partial charge in [-0.05, 0) is 19.9 Å². The van der Waals surface area contributed by atoms with Crippen molar-refractivity contribution < 1.29 is 4.79 Å². The molecule has 0 aliphatic carbocycles. The van der Waals surface area contributed by atoms with Crippen LogP contribution in [0.3, 0.4) is 0 Å². The molecule has 1 heterocycles. The van der Waals surface area contributed by atoms with Crippen molar-refractivity contribution in [1.82, 2.24) is 10.2 Å². The van der Waals surface area contributed by atoms with E-state index in [0.717, 1.165) is 13.0 Å². The third-order valence-corrected chi connectivity index (χ3v) is 3.12. The highest BCUT2D eigenvalue weighted by Gasteiger charge is 2.39. The molecule has 0 spiro atoms. The van der Waals surface area contributed by atoms with Crippen LogP contribution in [0.2, 0.25) is 0 Å². The fraction of sp³-hybridized carbons (Fsp3) is 0.800. The van der Waals surface area contributed by atoms with E-state index in [2.05, 4.69) is 10.2 Å². The first-order chi connectivity index (χ1) is 7.01. The topological polar surface area (TPSA) is 56.1 Å². The van der Waals surface area contributed by atoms with Crippen molar-refractivity contribution >= 4 is 17.5 Å². The smallest absolute Gasteiger partial charge is 0.227 e. The minimum atomic E-state index is -0.489. The average molecular weight is 230 g/mol. The predicted octanol–water partition coefficient (Wildman–Crippen LogP) is 0.575. The molecule has 1 fully saturated rings. The molecule has 1 aliphatic rings. The van der Waals surface area contributed by atoms with Gasteiger partial charge in [-0.1, -0.05) is 0 Å². The summed E-state index contributed by atoms with van der Waals surface area (Å²) in [5.41, 5.74) is -0.333. The van der Waals surface area contributed by atoms with Gasteiger partial charge in [0, 0.05) is 20.1 Å². The Morgan fingerprint density at radius 2 is 2.47 bits per heavy atom. The summed E-state index contributed by atoms with van der Waals surface area (Å²) in [5, 5.41) is 10.8. The summed E-state index contributed by atoms with van der Waals surface area (Å²) < 4.78 is 0. The molecule has 1 N–H and O–H groups in total. The van der Waals surface area contributed by atoms with Crippen LogP contribution < -0.4 is 5.32 Å². The summed E-state index contributed by atoms with van der Waals surface area (Å²) in [6.07, 6.45) is 0.821. The van der Waals surface area contributed by atoms with Crippen LogP contribution in [0.25, 0.3) is 0 Å². The Hall–Kier alpha value is -0.790. The van der Waals surface area contributed by atoms with Crippen molar-refractivity contribution in [3.63, 3.8) is 0 Å². The molecule has 1 amide bonds. The van der Waals surface area contributed by atoms with E-state index in [1.54, 1.807) is 7.05 Å². The second-order valence-electron chi connectivity index (χ2n) is 4.22. The number of rotatable bonds is 3. The van der Waals surface area contributed by atoms with E-state index in [9.17, 15) is 4.79 Å². The normalized spacial score (nSPS) is 28.4. The SMILES string of the molecule is CNC(=O)C1(C)CCN(CC(Cl)C#N)C1. The Morgan fingerprint density at radius 1 is 1.80 bits per heavy atom. The molecule has 84 valence electrons. The Morgan fingerprint density at radius 3 is 3.00 bits per heavy atom. The maximum atomic E-state index is 11.6. The van der Waals surface area contributed by atoms with Gasteiger partial charge < -0.3 is 5.32 Å². The van der Waals surface area contributed by atoms with Crippen molar-refractivity contribution in [2.75, 3.05) is 26.7 Å². The van der Waals surface area contributed by atoms with Crippen LogP contribution in [0.4, 0.5) is 0 Å². The van der Waals surface area contributed by atoms with Crippen molar-refractivity contribution in [2.45, 2.75) is 18.7 Å². The van der Waals surface area contributed by atoms with Crippen LogP contribution in [0, 0.1) is 16.7 Å². The Bertz CT molecular complexity index is 289. The van der Waals surface area contributed by atoms with Gasteiger partial charge in [0.1, 0.15) is 5.38 Å². The van der Waals surface area contributed by atoms with Crippen molar-refractivity contribution in [3.05, 3.63) is 0 Å². The number of nitrogens with zero attached hydrogens (tertiary/aromatic N) is 2. The van der Waals surface area contributed by atoms with E-state index in [4.69, 9.17) is 16.9 Å². The molecule has 2 atom stereocenters. The lowest BCUT2D eigenvalue weighted by molar-refractivity contribution is -0.129. The predicted molar refractivity (Wildman–Crippen MR) is 58.5 cm³/mol. The molecular formula is C10H16ClN3O. The van der Waals surface area contributed by atoms with E-state index >= 15 is 0 Å². The first kappa shape index (κ1) is 12.3. The van der Waals surface area contributed by atoms with Gasteiger partial charge in [0.05, 0.1) is 11.5 Å². The highest BCUT2D eigenvalue weighted by molar-refractivity contribution is 6.22. The second kappa shape index (κ2) is 4.82. The number of alkyl halides is 1. The molecule has 4 nitrogen and oxygen atoms in total. The zero-order valence-corrected chi connectivity index (χ0v) is 9.84. The zero-order valence-electron chi connectivity index (χ0n) is 9.09. The lowest BCUT2D eigenvalue weighted by Gasteiger charge is -2.22. The molecule has 0 saturated carbocycles. The average Bonchev–Trinajstić information content (AvgIpc) is 2.60. The minimum Gasteiger partial charge on any atom is -0.359 e. The summed E-state index contributed by atoms with van der Waals surface area (Å²) in [6, 6.07) is 1.99.